The second-order valence-corrected chi connectivity index (χ2v) is 6.02. The predicted octanol–water partition coefficient (Wildman–Crippen LogP) is 2.84. The molecule has 0 saturated heterocycles. The number of carbonyl (C=O) groups excluding carboxylic acids is 1. The fourth-order valence-electron chi connectivity index (χ4n) is 1.72. The Morgan fingerprint density at radius 1 is 1.24 bits per heavy atom. The highest BCUT2D eigenvalue weighted by molar-refractivity contribution is 5.82. The predicted molar refractivity (Wildman–Crippen MR) is 77.1 cm³/mol. The molecule has 1 amide bonds. The van der Waals surface area contributed by atoms with Gasteiger partial charge in [0.1, 0.15) is 5.75 Å². The second-order valence-electron chi connectivity index (χ2n) is 6.02. The van der Waals surface area contributed by atoms with Crippen molar-refractivity contribution < 1.29 is 18.3 Å². The van der Waals surface area contributed by atoms with Crippen molar-refractivity contribution in [3.63, 3.8) is 0 Å². The van der Waals surface area contributed by atoms with Crippen molar-refractivity contribution in [2.24, 2.45) is 11.1 Å². The van der Waals surface area contributed by atoms with E-state index in [9.17, 15) is 13.6 Å². The van der Waals surface area contributed by atoms with Crippen molar-refractivity contribution in [1.29, 1.82) is 0 Å². The number of amides is 1. The van der Waals surface area contributed by atoms with Crippen molar-refractivity contribution in [1.82, 2.24) is 5.32 Å². The molecule has 3 N–H and O–H groups in total. The molecule has 0 aliphatic heterocycles. The molecule has 1 aromatic carbocycles. The Morgan fingerprint density at radius 2 is 1.76 bits per heavy atom. The Kier molecular flexibility index (Phi) is 5.66. The van der Waals surface area contributed by atoms with E-state index in [2.05, 4.69) is 10.1 Å². The molecule has 1 rings (SSSR count). The first kappa shape index (κ1) is 17.4. The number of hydrogen-bond donors (Lipinski definition) is 2. The monoisotopic (exact) mass is 300 g/mol. The van der Waals surface area contributed by atoms with Crippen molar-refractivity contribution in [2.75, 3.05) is 0 Å². The van der Waals surface area contributed by atoms with E-state index in [0.717, 1.165) is 5.56 Å². The van der Waals surface area contributed by atoms with Gasteiger partial charge in [-0.2, -0.15) is 8.78 Å². The van der Waals surface area contributed by atoms with Gasteiger partial charge in [0.2, 0.25) is 5.91 Å². The van der Waals surface area contributed by atoms with Crippen LogP contribution < -0.4 is 15.8 Å². The summed E-state index contributed by atoms with van der Waals surface area (Å²) >= 11 is 0. The highest BCUT2D eigenvalue weighted by Gasteiger charge is 2.28. The van der Waals surface area contributed by atoms with Crippen molar-refractivity contribution in [3.8, 4) is 5.75 Å². The number of nitrogens with one attached hydrogen (secondary N) is 1. The molecule has 0 fully saturated rings. The Labute approximate surface area is 123 Å². The molecular formula is C15H22F2N2O2. The number of hydrogen-bond acceptors (Lipinski definition) is 3. The number of carbonyl (C=O) groups is 1. The smallest absolute Gasteiger partial charge is 0.387 e. The molecule has 0 spiro atoms. The van der Waals surface area contributed by atoms with Gasteiger partial charge in [-0.15, -0.1) is 0 Å². The number of alkyl halides is 2. The summed E-state index contributed by atoms with van der Waals surface area (Å²) in [5, 5.41) is 2.81. The van der Waals surface area contributed by atoms with Crippen molar-refractivity contribution in [3.05, 3.63) is 29.8 Å². The fourth-order valence-corrected chi connectivity index (χ4v) is 1.72. The third-order valence-corrected chi connectivity index (χ3v) is 3.18. The van der Waals surface area contributed by atoms with Crippen LogP contribution in [0.1, 0.15) is 39.3 Å². The van der Waals surface area contributed by atoms with Crippen LogP contribution in [0.2, 0.25) is 0 Å². The molecule has 0 aliphatic carbocycles. The van der Waals surface area contributed by atoms with Crippen LogP contribution in [0.15, 0.2) is 24.3 Å². The van der Waals surface area contributed by atoms with Crippen molar-refractivity contribution in [2.45, 2.75) is 46.4 Å². The maximum Gasteiger partial charge on any atom is 0.387 e. The summed E-state index contributed by atoms with van der Waals surface area (Å²) in [6.07, 6.45) is 0. The third-order valence-electron chi connectivity index (χ3n) is 3.18. The molecule has 0 radical (unpaired) electrons. The first-order chi connectivity index (χ1) is 9.61. The van der Waals surface area contributed by atoms with Gasteiger partial charge in [-0.1, -0.05) is 32.9 Å². The van der Waals surface area contributed by atoms with E-state index in [0.29, 0.717) is 0 Å². The van der Waals surface area contributed by atoms with Crippen LogP contribution in [0.3, 0.4) is 0 Å². The van der Waals surface area contributed by atoms with E-state index in [4.69, 9.17) is 5.73 Å². The van der Waals surface area contributed by atoms with Gasteiger partial charge in [-0.25, -0.2) is 0 Å². The third kappa shape index (κ3) is 5.30. The molecule has 0 heterocycles. The minimum absolute atomic E-state index is 0.0821. The average molecular weight is 300 g/mol. The molecular weight excluding hydrogens is 278 g/mol. The van der Waals surface area contributed by atoms with Gasteiger partial charge in [0, 0.05) is 0 Å². The van der Waals surface area contributed by atoms with Gasteiger partial charge < -0.3 is 15.8 Å². The number of ether oxygens (including phenoxy) is 1. The Bertz CT molecular complexity index is 470. The molecule has 1 unspecified atom stereocenters. The molecule has 21 heavy (non-hydrogen) atoms. The topological polar surface area (TPSA) is 64.4 Å². The largest absolute Gasteiger partial charge is 0.435 e. The quantitative estimate of drug-likeness (QED) is 0.879. The number of rotatable bonds is 5. The molecule has 118 valence electrons. The maximum atomic E-state index is 12.1. The number of nitrogens with two attached hydrogens (primary N) is 1. The molecule has 0 saturated carbocycles. The highest BCUT2D eigenvalue weighted by Crippen LogP contribution is 2.21. The SMILES string of the molecule is CC(NC(=O)[C@@H](N)C(C)(C)C)c1ccc(OC(F)F)cc1. The molecule has 0 aliphatic rings. The van der Waals surface area contributed by atoms with E-state index in [1.54, 1.807) is 19.1 Å². The summed E-state index contributed by atoms with van der Waals surface area (Å²) in [7, 11) is 0. The Hall–Kier alpha value is -1.69. The normalized spacial score (nSPS) is 14.7. The van der Waals surface area contributed by atoms with E-state index in [1.807, 2.05) is 20.8 Å². The number of benzene rings is 1. The summed E-state index contributed by atoms with van der Waals surface area (Å²) in [5.41, 5.74) is 6.33. The first-order valence-corrected chi connectivity index (χ1v) is 6.72. The van der Waals surface area contributed by atoms with E-state index < -0.39 is 12.7 Å². The summed E-state index contributed by atoms with van der Waals surface area (Å²) < 4.78 is 28.4. The van der Waals surface area contributed by atoms with Gasteiger partial charge in [-0.05, 0) is 30.0 Å². The fraction of sp³-hybridized carbons (Fsp3) is 0.533. The molecule has 1 aromatic rings. The highest BCUT2D eigenvalue weighted by atomic mass is 19.3. The average Bonchev–Trinajstić information content (AvgIpc) is 2.36. The Balaban J connectivity index is 2.67. The molecule has 2 atom stereocenters. The van der Waals surface area contributed by atoms with Gasteiger partial charge in [0.25, 0.3) is 0 Å². The van der Waals surface area contributed by atoms with Crippen molar-refractivity contribution >= 4 is 5.91 Å². The maximum absolute atomic E-state index is 12.1. The lowest BCUT2D eigenvalue weighted by Gasteiger charge is -2.27. The van der Waals surface area contributed by atoms with Crippen LogP contribution in [0.5, 0.6) is 5.75 Å². The standard InChI is InChI=1S/C15H22F2N2O2/c1-9(19-13(20)12(18)15(2,3)4)10-5-7-11(8-6-10)21-14(16)17/h5-9,12,14H,18H2,1-4H3,(H,19,20)/t9?,12-/m1/s1. The minimum atomic E-state index is -2.85. The van der Waals surface area contributed by atoms with Gasteiger partial charge in [-0.3, -0.25) is 4.79 Å². The van der Waals surface area contributed by atoms with E-state index >= 15 is 0 Å². The lowest BCUT2D eigenvalue weighted by atomic mass is 9.86. The van der Waals surface area contributed by atoms with E-state index in [1.165, 1.54) is 12.1 Å². The van der Waals surface area contributed by atoms with Crippen LogP contribution >= 0.6 is 0 Å². The van der Waals surface area contributed by atoms with Crippen LogP contribution in [0.25, 0.3) is 0 Å². The lowest BCUT2D eigenvalue weighted by molar-refractivity contribution is -0.125. The Morgan fingerprint density at radius 3 is 2.19 bits per heavy atom. The van der Waals surface area contributed by atoms with Crippen LogP contribution in [-0.4, -0.2) is 18.6 Å². The van der Waals surface area contributed by atoms with Crippen LogP contribution in [-0.2, 0) is 4.79 Å². The summed E-state index contributed by atoms with van der Waals surface area (Å²) in [5.74, 6) is -0.165. The summed E-state index contributed by atoms with van der Waals surface area (Å²) in [6, 6.07) is 5.24. The van der Waals surface area contributed by atoms with Crippen LogP contribution in [0, 0.1) is 5.41 Å². The molecule has 4 nitrogen and oxygen atoms in total. The summed E-state index contributed by atoms with van der Waals surface area (Å²) in [4.78, 5) is 12.0. The zero-order valence-electron chi connectivity index (χ0n) is 12.7. The minimum Gasteiger partial charge on any atom is -0.435 e. The lowest BCUT2D eigenvalue weighted by Crippen LogP contribution is -2.49. The second kappa shape index (κ2) is 6.85. The zero-order chi connectivity index (χ0) is 16.2. The van der Waals surface area contributed by atoms with Gasteiger partial charge in [0.05, 0.1) is 12.1 Å². The molecule has 0 aromatic heterocycles. The first-order valence-electron chi connectivity index (χ1n) is 6.72. The van der Waals surface area contributed by atoms with Gasteiger partial charge >= 0.3 is 6.61 Å². The van der Waals surface area contributed by atoms with Crippen LogP contribution in [0.4, 0.5) is 8.78 Å². The van der Waals surface area contributed by atoms with Gasteiger partial charge in [0.15, 0.2) is 0 Å². The van der Waals surface area contributed by atoms with E-state index in [-0.39, 0.29) is 23.1 Å². The molecule has 0 bridgehead atoms. The zero-order valence-corrected chi connectivity index (χ0v) is 12.7. The summed E-state index contributed by atoms with van der Waals surface area (Å²) in [6.45, 7) is 4.61. The molecule has 6 heteroatoms. The number of halogens is 2.